The fourth-order valence-corrected chi connectivity index (χ4v) is 5.11. The van der Waals surface area contributed by atoms with Gasteiger partial charge in [0, 0.05) is 52.4 Å². The number of unbranched alkanes of at least 4 members (excludes halogenated alkanes) is 1. The predicted octanol–water partition coefficient (Wildman–Crippen LogP) is 4.19. The van der Waals surface area contributed by atoms with Crippen molar-refractivity contribution < 1.29 is 0 Å². The molecule has 1 aromatic rings. The third-order valence-corrected chi connectivity index (χ3v) is 6.54. The Hall–Kier alpha value is -0.860. The van der Waals surface area contributed by atoms with Crippen LogP contribution in [0.4, 0.5) is 0 Å². The van der Waals surface area contributed by atoms with E-state index >= 15 is 0 Å². The average Bonchev–Trinajstić information content (AvgIpc) is 2.74. The molecule has 6 heteroatoms. The molecule has 2 heterocycles. The summed E-state index contributed by atoms with van der Waals surface area (Å²) in [7, 11) is 1.89. The van der Waals surface area contributed by atoms with Crippen LogP contribution < -0.4 is 10.6 Å². The van der Waals surface area contributed by atoms with Crippen molar-refractivity contribution in [3.8, 4) is 0 Å². The van der Waals surface area contributed by atoms with Gasteiger partial charge < -0.3 is 15.5 Å². The van der Waals surface area contributed by atoms with Gasteiger partial charge in [0.15, 0.2) is 5.96 Å². The Labute approximate surface area is 207 Å². The van der Waals surface area contributed by atoms with Crippen molar-refractivity contribution in [3.05, 3.63) is 35.9 Å². The van der Waals surface area contributed by atoms with Crippen LogP contribution in [0.15, 0.2) is 35.3 Å². The fourth-order valence-electron chi connectivity index (χ4n) is 5.11. The van der Waals surface area contributed by atoms with Crippen LogP contribution in [0.25, 0.3) is 0 Å². The van der Waals surface area contributed by atoms with Gasteiger partial charge >= 0.3 is 0 Å². The van der Waals surface area contributed by atoms with E-state index < -0.39 is 0 Å². The van der Waals surface area contributed by atoms with E-state index in [4.69, 9.17) is 0 Å². The summed E-state index contributed by atoms with van der Waals surface area (Å²) in [6.07, 6.45) is 6.22. The van der Waals surface area contributed by atoms with Crippen molar-refractivity contribution in [1.82, 2.24) is 20.4 Å². The highest BCUT2D eigenvalue weighted by molar-refractivity contribution is 14.0. The van der Waals surface area contributed by atoms with Crippen molar-refractivity contribution in [1.29, 1.82) is 0 Å². The number of benzene rings is 1. The van der Waals surface area contributed by atoms with E-state index in [1.165, 1.54) is 57.3 Å². The summed E-state index contributed by atoms with van der Waals surface area (Å²) in [6.45, 7) is 13.0. The van der Waals surface area contributed by atoms with E-state index in [2.05, 4.69) is 69.6 Å². The number of rotatable bonds is 8. The number of likely N-dealkylation sites (tertiary alicyclic amines) is 2. The molecule has 1 aromatic carbocycles. The molecular formula is C25H44IN5. The second-order valence-corrected chi connectivity index (χ2v) is 9.59. The van der Waals surface area contributed by atoms with E-state index in [-0.39, 0.29) is 24.0 Å². The van der Waals surface area contributed by atoms with Crippen LogP contribution in [0.3, 0.4) is 0 Å². The second-order valence-electron chi connectivity index (χ2n) is 9.59. The van der Waals surface area contributed by atoms with E-state index in [9.17, 15) is 0 Å². The van der Waals surface area contributed by atoms with Crippen molar-refractivity contribution in [2.75, 3.05) is 46.3 Å². The van der Waals surface area contributed by atoms with E-state index in [1.807, 2.05) is 7.05 Å². The van der Waals surface area contributed by atoms with Crippen LogP contribution in [0.5, 0.6) is 0 Å². The molecular weight excluding hydrogens is 497 g/mol. The highest BCUT2D eigenvalue weighted by Gasteiger charge is 2.21. The molecule has 176 valence electrons. The number of hydrogen-bond acceptors (Lipinski definition) is 3. The molecule has 2 aliphatic rings. The largest absolute Gasteiger partial charge is 0.356 e. The maximum atomic E-state index is 4.45. The van der Waals surface area contributed by atoms with Gasteiger partial charge in [0.25, 0.3) is 0 Å². The summed E-state index contributed by atoms with van der Waals surface area (Å²) in [5, 5.41) is 7.17. The van der Waals surface area contributed by atoms with Gasteiger partial charge in [-0.2, -0.15) is 0 Å². The van der Waals surface area contributed by atoms with Crippen LogP contribution in [0.2, 0.25) is 0 Å². The van der Waals surface area contributed by atoms with Gasteiger partial charge in [0.2, 0.25) is 0 Å². The highest BCUT2D eigenvalue weighted by atomic mass is 127. The van der Waals surface area contributed by atoms with Crippen LogP contribution in [0, 0.1) is 11.8 Å². The Morgan fingerprint density at radius 3 is 2.32 bits per heavy atom. The highest BCUT2D eigenvalue weighted by Crippen LogP contribution is 2.21. The summed E-state index contributed by atoms with van der Waals surface area (Å²) in [5.41, 5.74) is 1.41. The lowest BCUT2D eigenvalue weighted by Gasteiger charge is -2.35. The third kappa shape index (κ3) is 9.66. The fraction of sp³-hybridized carbons (Fsp3) is 0.720. The van der Waals surface area contributed by atoms with Gasteiger partial charge in [0.05, 0.1) is 0 Å². The Balaban J connectivity index is 0.00000341. The summed E-state index contributed by atoms with van der Waals surface area (Å²) in [4.78, 5) is 9.67. The lowest BCUT2D eigenvalue weighted by molar-refractivity contribution is 0.139. The quantitative estimate of drug-likeness (QED) is 0.224. The molecule has 2 unspecified atom stereocenters. The zero-order valence-corrected chi connectivity index (χ0v) is 22.2. The minimum Gasteiger partial charge on any atom is -0.356 e. The molecule has 2 saturated heterocycles. The molecule has 0 spiro atoms. The Morgan fingerprint density at radius 1 is 1.00 bits per heavy atom. The first-order valence-electron chi connectivity index (χ1n) is 12.1. The number of piperidine rings is 2. The molecule has 5 nitrogen and oxygen atoms in total. The lowest BCUT2D eigenvalue weighted by Crippen LogP contribution is -2.48. The van der Waals surface area contributed by atoms with Gasteiger partial charge in [-0.25, -0.2) is 0 Å². The number of hydrogen-bond donors (Lipinski definition) is 2. The number of nitrogens with one attached hydrogen (secondary N) is 2. The minimum atomic E-state index is 0. The molecule has 31 heavy (non-hydrogen) atoms. The summed E-state index contributed by atoms with van der Waals surface area (Å²) in [5.74, 6) is 2.68. The summed E-state index contributed by atoms with van der Waals surface area (Å²) in [6, 6.07) is 11.3. The first-order chi connectivity index (χ1) is 14.6. The number of nitrogens with zero attached hydrogens (tertiary/aromatic N) is 3. The van der Waals surface area contributed by atoms with E-state index in [0.717, 1.165) is 44.0 Å². The SMILES string of the molecule is CN=C(NCCCCN1CC(C)CC(C)C1)NC1CCN(Cc2ccccc2)CC1.I. The molecule has 0 bridgehead atoms. The lowest BCUT2D eigenvalue weighted by atomic mass is 9.92. The Bertz CT molecular complexity index is 620. The average molecular weight is 542 g/mol. The molecule has 2 aliphatic heterocycles. The first kappa shape index (κ1) is 26.4. The topological polar surface area (TPSA) is 42.9 Å². The zero-order chi connectivity index (χ0) is 21.2. The number of halogens is 1. The van der Waals surface area contributed by atoms with Crippen LogP contribution in [-0.4, -0.2) is 68.1 Å². The minimum absolute atomic E-state index is 0. The molecule has 0 aromatic heterocycles. The van der Waals surface area contributed by atoms with Crippen molar-refractivity contribution in [2.24, 2.45) is 16.8 Å². The van der Waals surface area contributed by atoms with Gasteiger partial charge in [-0.1, -0.05) is 44.2 Å². The van der Waals surface area contributed by atoms with E-state index in [0.29, 0.717) is 6.04 Å². The number of aliphatic imine (C=N–C) groups is 1. The van der Waals surface area contributed by atoms with E-state index in [1.54, 1.807) is 0 Å². The third-order valence-electron chi connectivity index (χ3n) is 6.54. The maximum absolute atomic E-state index is 4.45. The molecule has 2 N–H and O–H groups in total. The maximum Gasteiger partial charge on any atom is 0.191 e. The smallest absolute Gasteiger partial charge is 0.191 e. The van der Waals surface area contributed by atoms with Crippen LogP contribution in [0.1, 0.15) is 51.5 Å². The van der Waals surface area contributed by atoms with Gasteiger partial charge in [-0.05, 0) is 56.0 Å². The molecule has 3 rings (SSSR count). The number of guanidine groups is 1. The van der Waals surface area contributed by atoms with Crippen molar-refractivity contribution in [3.63, 3.8) is 0 Å². The van der Waals surface area contributed by atoms with Gasteiger partial charge in [0.1, 0.15) is 0 Å². The monoisotopic (exact) mass is 541 g/mol. The normalized spacial score (nSPS) is 23.9. The molecule has 2 atom stereocenters. The second kappa shape index (κ2) is 14.3. The Morgan fingerprint density at radius 2 is 1.68 bits per heavy atom. The molecule has 0 saturated carbocycles. The Kier molecular flexibility index (Phi) is 12.2. The molecule has 0 radical (unpaired) electrons. The van der Waals surface area contributed by atoms with Gasteiger partial charge in [-0.15, -0.1) is 24.0 Å². The predicted molar refractivity (Wildman–Crippen MR) is 143 cm³/mol. The van der Waals surface area contributed by atoms with Crippen molar-refractivity contribution >= 4 is 29.9 Å². The standard InChI is InChI=1S/C25H43N5.HI/c1-21-17-22(2)19-30(18-21)14-8-7-13-27-25(26-3)28-24-11-15-29(16-12-24)20-23-9-5-4-6-10-23;/h4-6,9-10,21-22,24H,7-8,11-20H2,1-3H3,(H2,26,27,28);1H. The summed E-state index contributed by atoms with van der Waals surface area (Å²) >= 11 is 0. The van der Waals surface area contributed by atoms with Crippen LogP contribution in [-0.2, 0) is 6.54 Å². The molecule has 2 fully saturated rings. The molecule has 0 aliphatic carbocycles. The van der Waals surface area contributed by atoms with Crippen LogP contribution >= 0.6 is 24.0 Å². The van der Waals surface area contributed by atoms with Crippen molar-refractivity contribution in [2.45, 2.75) is 58.5 Å². The first-order valence-corrected chi connectivity index (χ1v) is 12.1. The van der Waals surface area contributed by atoms with Gasteiger partial charge in [-0.3, -0.25) is 9.89 Å². The zero-order valence-electron chi connectivity index (χ0n) is 19.9. The molecule has 0 amide bonds. The summed E-state index contributed by atoms with van der Waals surface area (Å²) < 4.78 is 0.